The van der Waals surface area contributed by atoms with Gasteiger partial charge >= 0.3 is 0 Å². The van der Waals surface area contributed by atoms with E-state index in [1.807, 2.05) is 36.4 Å². The van der Waals surface area contributed by atoms with E-state index >= 15 is 0 Å². The Morgan fingerprint density at radius 3 is 2.75 bits per heavy atom. The number of amides is 1. The molecule has 2 aliphatic heterocycles. The quantitative estimate of drug-likeness (QED) is 0.842. The molecular weight excluding hydrogens is 324 g/mol. The highest BCUT2D eigenvalue weighted by atomic mass is 35.5. The molecule has 0 spiro atoms. The van der Waals surface area contributed by atoms with Crippen LogP contribution in [0.2, 0.25) is 5.02 Å². The van der Waals surface area contributed by atoms with Gasteiger partial charge in [0.1, 0.15) is 5.84 Å². The average molecular weight is 337 g/mol. The number of hydrogen-bond donors (Lipinski definition) is 1. The van der Waals surface area contributed by atoms with E-state index in [1.165, 1.54) is 0 Å². The molecular formula is C18H13ClN4O. The van der Waals surface area contributed by atoms with Gasteiger partial charge in [0.2, 0.25) is 0 Å². The number of nitrogens with zero attached hydrogens (tertiary/aromatic N) is 3. The predicted molar refractivity (Wildman–Crippen MR) is 95.9 cm³/mol. The molecule has 2 aliphatic rings. The maximum atomic E-state index is 12.6. The van der Waals surface area contributed by atoms with Gasteiger partial charge in [-0.05, 0) is 18.2 Å². The van der Waals surface area contributed by atoms with Crippen molar-refractivity contribution < 1.29 is 4.79 Å². The van der Waals surface area contributed by atoms with Crippen LogP contribution in [-0.2, 0) is 4.79 Å². The van der Waals surface area contributed by atoms with Crippen LogP contribution in [0.25, 0.3) is 0 Å². The minimum Gasteiger partial charge on any atom is -0.310 e. The highest BCUT2D eigenvalue weighted by molar-refractivity contribution is 6.34. The SMILES string of the molecule is N=CC1N=C2CN=C(c3ccccc3)c3cc(Cl)ccc3N2C1=O. The number of hydrogen-bond acceptors (Lipinski definition) is 4. The molecule has 2 heterocycles. The smallest absolute Gasteiger partial charge is 0.262 e. The largest absolute Gasteiger partial charge is 0.310 e. The topological polar surface area (TPSA) is 68.9 Å². The summed E-state index contributed by atoms with van der Waals surface area (Å²) >= 11 is 6.19. The summed E-state index contributed by atoms with van der Waals surface area (Å²) in [5, 5.41) is 7.97. The fourth-order valence-corrected chi connectivity index (χ4v) is 3.15. The van der Waals surface area contributed by atoms with Crippen LogP contribution in [0, 0.1) is 5.41 Å². The molecule has 24 heavy (non-hydrogen) atoms. The minimum atomic E-state index is -0.767. The lowest BCUT2D eigenvalue weighted by molar-refractivity contribution is -0.116. The molecule has 0 fully saturated rings. The normalized spacial score (nSPS) is 19.1. The molecule has 0 radical (unpaired) electrons. The molecule has 0 saturated heterocycles. The van der Waals surface area contributed by atoms with Gasteiger partial charge in [-0.2, -0.15) is 0 Å². The Balaban J connectivity index is 1.94. The first-order valence-corrected chi connectivity index (χ1v) is 7.88. The molecule has 0 aromatic heterocycles. The van der Waals surface area contributed by atoms with Crippen LogP contribution < -0.4 is 4.90 Å². The van der Waals surface area contributed by atoms with E-state index in [4.69, 9.17) is 17.0 Å². The van der Waals surface area contributed by atoms with Crippen LogP contribution in [0.3, 0.4) is 0 Å². The zero-order chi connectivity index (χ0) is 16.7. The average Bonchev–Trinajstić information content (AvgIpc) is 2.83. The molecule has 2 aromatic carbocycles. The number of benzene rings is 2. The number of carbonyl (C=O) groups is 1. The minimum absolute atomic E-state index is 0.229. The van der Waals surface area contributed by atoms with E-state index in [1.54, 1.807) is 17.0 Å². The first kappa shape index (κ1) is 14.8. The number of fused-ring (bicyclic) bond motifs is 3. The summed E-state index contributed by atoms with van der Waals surface area (Å²) in [5.41, 5.74) is 3.23. The van der Waals surface area contributed by atoms with Gasteiger partial charge < -0.3 is 5.41 Å². The fourth-order valence-electron chi connectivity index (χ4n) is 2.98. The first-order valence-electron chi connectivity index (χ1n) is 7.50. The Morgan fingerprint density at radius 1 is 1.21 bits per heavy atom. The summed E-state index contributed by atoms with van der Waals surface area (Å²) in [6.45, 7) is 0.284. The molecule has 4 rings (SSSR count). The van der Waals surface area contributed by atoms with Crippen molar-refractivity contribution in [2.75, 3.05) is 11.4 Å². The zero-order valence-electron chi connectivity index (χ0n) is 12.6. The van der Waals surface area contributed by atoms with Gasteiger partial charge in [0.15, 0.2) is 6.04 Å². The Morgan fingerprint density at radius 2 is 2.00 bits per heavy atom. The lowest BCUT2D eigenvalue weighted by atomic mass is 10.00. The van der Waals surface area contributed by atoms with E-state index in [-0.39, 0.29) is 12.5 Å². The second-order valence-electron chi connectivity index (χ2n) is 5.52. The van der Waals surface area contributed by atoms with E-state index in [0.29, 0.717) is 16.5 Å². The number of amidine groups is 1. The van der Waals surface area contributed by atoms with E-state index in [0.717, 1.165) is 23.1 Å². The van der Waals surface area contributed by atoms with Crippen LogP contribution in [-0.4, -0.2) is 36.3 Å². The van der Waals surface area contributed by atoms with Crippen LogP contribution in [0.4, 0.5) is 5.69 Å². The van der Waals surface area contributed by atoms with E-state index in [9.17, 15) is 4.79 Å². The molecule has 1 unspecified atom stereocenters. The van der Waals surface area contributed by atoms with Crippen molar-refractivity contribution in [2.45, 2.75) is 6.04 Å². The van der Waals surface area contributed by atoms with Crippen molar-refractivity contribution >= 4 is 41.0 Å². The second-order valence-corrected chi connectivity index (χ2v) is 5.96. The van der Waals surface area contributed by atoms with Crippen LogP contribution >= 0.6 is 11.6 Å². The van der Waals surface area contributed by atoms with Gasteiger partial charge in [0.05, 0.1) is 17.9 Å². The maximum Gasteiger partial charge on any atom is 0.262 e. The summed E-state index contributed by atoms with van der Waals surface area (Å²) in [6.07, 6.45) is 1.06. The highest BCUT2D eigenvalue weighted by Crippen LogP contribution is 2.32. The molecule has 1 atom stereocenters. The molecule has 0 aliphatic carbocycles. The molecule has 1 N–H and O–H groups in total. The van der Waals surface area contributed by atoms with Gasteiger partial charge in [-0.3, -0.25) is 19.7 Å². The number of rotatable bonds is 2. The molecule has 0 bridgehead atoms. The van der Waals surface area contributed by atoms with Gasteiger partial charge in [-0.1, -0.05) is 41.9 Å². The predicted octanol–water partition coefficient (Wildman–Crippen LogP) is 2.95. The van der Waals surface area contributed by atoms with Crippen molar-refractivity contribution in [3.63, 3.8) is 0 Å². The third kappa shape index (κ3) is 2.25. The zero-order valence-corrected chi connectivity index (χ0v) is 13.4. The number of nitrogens with one attached hydrogen (secondary N) is 1. The molecule has 6 heteroatoms. The Kier molecular flexibility index (Phi) is 3.50. The highest BCUT2D eigenvalue weighted by Gasteiger charge is 2.37. The Bertz CT molecular complexity index is 904. The van der Waals surface area contributed by atoms with Gasteiger partial charge in [-0.15, -0.1) is 0 Å². The third-order valence-electron chi connectivity index (χ3n) is 4.06. The standard InChI is InChI=1S/C18H13ClN4O/c19-12-6-7-15-13(8-12)17(11-4-2-1-3-5-11)21-10-16-22-14(9-20)18(24)23(15)16/h1-9,14,20H,10H2. The number of halogens is 1. The van der Waals surface area contributed by atoms with Crippen LogP contribution in [0.5, 0.6) is 0 Å². The summed E-state index contributed by atoms with van der Waals surface area (Å²) in [6, 6.07) is 14.4. The number of carbonyl (C=O) groups excluding carboxylic acids is 1. The van der Waals surface area contributed by atoms with Gasteiger partial charge in [0, 0.05) is 22.4 Å². The van der Waals surface area contributed by atoms with E-state index in [2.05, 4.69) is 9.98 Å². The van der Waals surface area contributed by atoms with Gasteiger partial charge in [-0.25, -0.2) is 0 Å². The van der Waals surface area contributed by atoms with Crippen LogP contribution in [0.15, 0.2) is 58.5 Å². The van der Waals surface area contributed by atoms with Crippen LogP contribution in [0.1, 0.15) is 11.1 Å². The van der Waals surface area contributed by atoms with Gasteiger partial charge in [0.25, 0.3) is 5.91 Å². The maximum absolute atomic E-state index is 12.6. The summed E-state index contributed by atoms with van der Waals surface area (Å²) in [5.74, 6) is 0.330. The van der Waals surface area contributed by atoms with Crippen molar-refractivity contribution in [3.05, 3.63) is 64.7 Å². The second kappa shape index (κ2) is 5.69. The Hall–Kier alpha value is -2.79. The van der Waals surface area contributed by atoms with Crippen molar-refractivity contribution in [2.24, 2.45) is 9.98 Å². The van der Waals surface area contributed by atoms with E-state index < -0.39 is 6.04 Å². The molecule has 0 saturated carbocycles. The first-order chi connectivity index (χ1) is 11.7. The summed E-state index contributed by atoms with van der Waals surface area (Å²) in [4.78, 5) is 23.2. The van der Waals surface area contributed by atoms with Crippen molar-refractivity contribution in [3.8, 4) is 0 Å². The third-order valence-corrected chi connectivity index (χ3v) is 4.29. The monoisotopic (exact) mass is 336 g/mol. The van der Waals surface area contributed by atoms with Crippen molar-refractivity contribution in [1.82, 2.24) is 0 Å². The molecule has 118 valence electrons. The lowest BCUT2D eigenvalue weighted by Crippen LogP contribution is -2.36. The summed E-state index contributed by atoms with van der Waals surface area (Å²) in [7, 11) is 0. The number of aliphatic imine (C=N–C) groups is 2. The molecule has 5 nitrogen and oxygen atoms in total. The number of anilines is 1. The fraction of sp³-hybridized carbons (Fsp3) is 0.111. The Labute approximate surface area is 143 Å². The summed E-state index contributed by atoms with van der Waals surface area (Å²) < 4.78 is 0. The lowest BCUT2D eigenvalue weighted by Gasteiger charge is -2.19. The molecule has 1 amide bonds. The van der Waals surface area contributed by atoms with Crippen molar-refractivity contribution in [1.29, 1.82) is 5.41 Å². The molecule has 2 aromatic rings.